The Kier molecular flexibility index (Phi) is 3.80. The van der Waals surface area contributed by atoms with Crippen LogP contribution in [0.25, 0.3) is 10.9 Å². The van der Waals surface area contributed by atoms with Crippen molar-refractivity contribution in [3.8, 4) is 0 Å². The SMILES string of the molecule is O=S(=O)(Nc1ccc(I)nc1)c1c[nH]c2cc(Cl)ccc12. The van der Waals surface area contributed by atoms with Gasteiger partial charge in [-0.1, -0.05) is 11.6 Å². The van der Waals surface area contributed by atoms with Crippen LogP contribution in [0.2, 0.25) is 5.02 Å². The molecule has 8 heteroatoms. The number of nitrogens with zero attached hydrogens (tertiary/aromatic N) is 1. The number of anilines is 1. The molecule has 0 unspecified atom stereocenters. The quantitative estimate of drug-likeness (QED) is 0.489. The highest BCUT2D eigenvalue weighted by atomic mass is 127. The molecule has 0 fully saturated rings. The molecule has 1 aromatic carbocycles. The van der Waals surface area contributed by atoms with E-state index in [0.29, 0.717) is 21.6 Å². The molecule has 0 saturated carbocycles. The van der Waals surface area contributed by atoms with E-state index in [1.807, 2.05) is 0 Å². The number of rotatable bonds is 3. The van der Waals surface area contributed by atoms with E-state index in [0.717, 1.165) is 3.70 Å². The van der Waals surface area contributed by atoms with Crippen LogP contribution in [0.1, 0.15) is 0 Å². The molecule has 0 atom stereocenters. The van der Waals surface area contributed by atoms with Crippen LogP contribution in [-0.2, 0) is 10.0 Å². The van der Waals surface area contributed by atoms with Gasteiger partial charge in [0.1, 0.15) is 8.60 Å². The highest BCUT2D eigenvalue weighted by molar-refractivity contribution is 14.1. The fourth-order valence-electron chi connectivity index (χ4n) is 1.94. The minimum absolute atomic E-state index is 0.174. The van der Waals surface area contributed by atoms with E-state index < -0.39 is 10.0 Å². The molecule has 3 rings (SSSR count). The predicted molar refractivity (Wildman–Crippen MR) is 91.1 cm³/mol. The maximum absolute atomic E-state index is 12.5. The molecule has 108 valence electrons. The van der Waals surface area contributed by atoms with Crippen molar-refractivity contribution < 1.29 is 8.42 Å². The molecule has 0 radical (unpaired) electrons. The molecule has 2 heterocycles. The summed E-state index contributed by atoms with van der Waals surface area (Å²) in [4.78, 5) is 7.14. The first-order valence-corrected chi connectivity index (χ1v) is 8.81. The van der Waals surface area contributed by atoms with Gasteiger partial charge in [-0.2, -0.15) is 0 Å². The van der Waals surface area contributed by atoms with E-state index in [9.17, 15) is 8.42 Å². The molecule has 21 heavy (non-hydrogen) atoms. The molecule has 0 bridgehead atoms. The maximum atomic E-state index is 12.5. The minimum atomic E-state index is -3.69. The van der Waals surface area contributed by atoms with Crippen molar-refractivity contribution in [1.82, 2.24) is 9.97 Å². The van der Waals surface area contributed by atoms with Gasteiger partial charge >= 0.3 is 0 Å². The van der Waals surface area contributed by atoms with Crippen LogP contribution in [0.15, 0.2) is 47.6 Å². The van der Waals surface area contributed by atoms with Crippen LogP contribution in [0, 0.1) is 3.70 Å². The molecular formula is C13H9ClIN3O2S. The van der Waals surface area contributed by atoms with Gasteiger partial charge in [0.2, 0.25) is 0 Å². The summed E-state index contributed by atoms with van der Waals surface area (Å²) in [6.45, 7) is 0. The molecule has 0 saturated heterocycles. The second-order valence-corrected chi connectivity index (χ2v) is 7.51. The summed E-state index contributed by atoms with van der Waals surface area (Å²) in [7, 11) is -3.69. The normalized spacial score (nSPS) is 11.7. The van der Waals surface area contributed by atoms with Gasteiger partial charge in [-0.25, -0.2) is 13.4 Å². The summed E-state index contributed by atoms with van der Waals surface area (Å²) in [5, 5.41) is 1.13. The van der Waals surface area contributed by atoms with Crippen LogP contribution < -0.4 is 4.72 Å². The number of halogens is 2. The van der Waals surface area contributed by atoms with Crippen LogP contribution in [0.3, 0.4) is 0 Å². The average molecular weight is 434 g/mol. The molecule has 0 aliphatic heterocycles. The molecule has 5 nitrogen and oxygen atoms in total. The molecule has 3 aromatic rings. The highest BCUT2D eigenvalue weighted by Gasteiger charge is 2.19. The Hall–Kier alpha value is -1.32. The van der Waals surface area contributed by atoms with Crippen molar-refractivity contribution in [2.45, 2.75) is 4.90 Å². The highest BCUT2D eigenvalue weighted by Crippen LogP contribution is 2.26. The third-order valence-electron chi connectivity index (χ3n) is 2.87. The van der Waals surface area contributed by atoms with Crippen molar-refractivity contribution in [2.75, 3.05) is 4.72 Å². The topological polar surface area (TPSA) is 74.8 Å². The van der Waals surface area contributed by atoms with Crippen molar-refractivity contribution in [1.29, 1.82) is 0 Å². The van der Waals surface area contributed by atoms with Gasteiger partial charge in [-0.15, -0.1) is 0 Å². The Balaban J connectivity index is 2.02. The van der Waals surface area contributed by atoms with E-state index in [1.54, 1.807) is 30.3 Å². The summed E-state index contributed by atoms with van der Waals surface area (Å²) in [6.07, 6.45) is 2.93. The summed E-state index contributed by atoms with van der Waals surface area (Å²) >= 11 is 7.95. The predicted octanol–water partition coefficient (Wildman–Crippen LogP) is 3.62. The molecule has 2 N–H and O–H groups in total. The summed E-state index contributed by atoms with van der Waals surface area (Å²) in [6, 6.07) is 8.41. The van der Waals surface area contributed by atoms with Gasteiger partial charge in [0.15, 0.2) is 0 Å². The number of benzene rings is 1. The summed E-state index contributed by atoms with van der Waals surface area (Å²) in [5.41, 5.74) is 1.09. The largest absolute Gasteiger partial charge is 0.360 e. The van der Waals surface area contributed by atoms with E-state index >= 15 is 0 Å². The second-order valence-electron chi connectivity index (χ2n) is 4.32. The fraction of sp³-hybridized carbons (Fsp3) is 0. The van der Waals surface area contributed by atoms with Crippen LogP contribution in [0.5, 0.6) is 0 Å². The van der Waals surface area contributed by atoms with E-state index in [-0.39, 0.29) is 4.90 Å². The number of hydrogen-bond acceptors (Lipinski definition) is 3. The molecule has 0 amide bonds. The summed E-state index contributed by atoms with van der Waals surface area (Å²) in [5.74, 6) is 0. The first kappa shape index (κ1) is 14.6. The first-order chi connectivity index (χ1) is 9.95. The maximum Gasteiger partial charge on any atom is 0.264 e. The number of nitrogens with one attached hydrogen (secondary N) is 2. The Labute approximate surface area is 139 Å². The lowest BCUT2D eigenvalue weighted by molar-refractivity contribution is 0.602. The molecular weight excluding hydrogens is 425 g/mol. The van der Waals surface area contributed by atoms with Crippen LogP contribution in [0.4, 0.5) is 5.69 Å². The minimum Gasteiger partial charge on any atom is -0.360 e. The van der Waals surface area contributed by atoms with Crippen molar-refractivity contribution in [3.05, 3.63) is 51.4 Å². The first-order valence-electron chi connectivity index (χ1n) is 5.87. The average Bonchev–Trinajstić information content (AvgIpc) is 2.85. The zero-order chi connectivity index (χ0) is 15.0. The number of aromatic nitrogens is 2. The van der Waals surface area contributed by atoms with Crippen molar-refractivity contribution >= 4 is 60.8 Å². The van der Waals surface area contributed by atoms with E-state index in [2.05, 4.69) is 37.3 Å². The monoisotopic (exact) mass is 433 g/mol. The van der Waals surface area contributed by atoms with Gasteiger partial charge in [0, 0.05) is 22.1 Å². The number of aromatic amines is 1. The zero-order valence-corrected chi connectivity index (χ0v) is 14.2. The van der Waals surface area contributed by atoms with E-state index in [4.69, 9.17) is 11.6 Å². The summed E-state index contributed by atoms with van der Waals surface area (Å²) < 4.78 is 28.2. The Morgan fingerprint density at radius 1 is 1.24 bits per heavy atom. The van der Waals surface area contributed by atoms with Gasteiger partial charge in [-0.05, 0) is 52.9 Å². The van der Waals surface area contributed by atoms with E-state index in [1.165, 1.54) is 12.4 Å². The molecule has 2 aromatic heterocycles. The Morgan fingerprint density at radius 3 is 2.76 bits per heavy atom. The van der Waals surface area contributed by atoms with Gasteiger partial charge < -0.3 is 4.98 Å². The third-order valence-corrected chi connectivity index (χ3v) is 5.17. The van der Waals surface area contributed by atoms with Gasteiger partial charge in [0.05, 0.1) is 11.9 Å². The lowest BCUT2D eigenvalue weighted by atomic mass is 10.2. The Morgan fingerprint density at radius 2 is 2.05 bits per heavy atom. The van der Waals surface area contributed by atoms with Gasteiger partial charge in [0.25, 0.3) is 10.0 Å². The fourth-order valence-corrected chi connectivity index (χ4v) is 3.65. The molecule has 0 aliphatic carbocycles. The Bertz CT molecular complexity index is 907. The lowest BCUT2D eigenvalue weighted by Crippen LogP contribution is -2.12. The number of sulfonamides is 1. The number of pyridine rings is 1. The zero-order valence-electron chi connectivity index (χ0n) is 10.5. The standard InChI is InChI=1S/C13H9ClIN3O2S/c14-8-1-3-10-11(5-8)16-7-12(10)21(19,20)18-9-2-4-13(15)17-6-9/h1-7,16,18H. The number of fused-ring (bicyclic) bond motifs is 1. The van der Waals surface area contributed by atoms with Crippen molar-refractivity contribution in [3.63, 3.8) is 0 Å². The smallest absolute Gasteiger partial charge is 0.264 e. The molecule has 0 spiro atoms. The van der Waals surface area contributed by atoms with Crippen LogP contribution >= 0.6 is 34.2 Å². The van der Waals surface area contributed by atoms with Crippen molar-refractivity contribution in [2.24, 2.45) is 0 Å². The third kappa shape index (κ3) is 2.99. The number of H-pyrrole nitrogens is 1. The van der Waals surface area contributed by atoms with Gasteiger partial charge in [-0.3, -0.25) is 4.72 Å². The second kappa shape index (κ2) is 5.47. The molecule has 0 aliphatic rings. The van der Waals surface area contributed by atoms with Crippen LogP contribution in [-0.4, -0.2) is 18.4 Å². The number of hydrogen-bond donors (Lipinski definition) is 2. The lowest BCUT2D eigenvalue weighted by Gasteiger charge is -2.06.